The van der Waals surface area contributed by atoms with Crippen molar-refractivity contribution >= 4 is 0 Å². The van der Waals surface area contributed by atoms with Crippen molar-refractivity contribution in [2.75, 3.05) is 6.61 Å². The first-order valence-electron chi connectivity index (χ1n) is 6.86. The summed E-state index contributed by atoms with van der Waals surface area (Å²) in [5.41, 5.74) is 0.928. The molecule has 0 bridgehead atoms. The van der Waals surface area contributed by atoms with E-state index in [0.29, 0.717) is 0 Å². The lowest BCUT2D eigenvalue weighted by molar-refractivity contribution is 0.0138. The van der Waals surface area contributed by atoms with E-state index in [1.807, 2.05) is 18.2 Å². The molecule has 0 atom stereocenters. The molecule has 1 aliphatic rings. The SMILES string of the molecule is CC(C)(C)c1ccccc1OC1(CO)CCCC1. The molecule has 2 heteroatoms. The van der Waals surface area contributed by atoms with Crippen LogP contribution < -0.4 is 4.74 Å². The standard InChI is InChI=1S/C16H24O2/c1-15(2,3)13-8-4-5-9-14(13)18-16(12-17)10-6-7-11-16/h4-5,8-9,17H,6-7,10-12H2,1-3H3. The summed E-state index contributed by atoms with van der Waals surface area (Å²) in [6.45, 7) is 6.69. The number of benzene rings is 1. The molecule has 1 fully saturated rings. The van der Waals surface area contributed by atoms with E-state index in [4.69, 9.17) is 4.74 Å². The van der Waals surface area contributed by atoms with E-state index in [1.54, 1.807) is 0 Å². The number of aliphatic hydroxyl groups is 1. The minimum atomic E-state index is -0.346. The largest absolute Gasteiger partial charge is 0.485 e. The first kappa shape index (κ1) is 13.4. The Kier molecular flexibility index (Phi) is 3.67. The first-order valence-corrected chi connectivity index (χ1v) is 6.86. The predicted molar refractivity (Wildman–Crippen MR) is 74.1 cm³/mol. The second kappa shape index (κ2) is 4.93. The molecule has 1 aromatic carbocycles. The van der Waals surface area contributed by atoms with Gasteiger partial charge in [0.05, 0.1) is 6.61 Å². The zero-order valence-electron chi connectivity index (χ0n) is 11.7. The van der Waals surface area contributed by atoms with Crippen molar-refractivity contribution in [3.05, 3.63) is 29.8 Å². The van der Waals surface area contributed by atoms with Gasteiger partial charge in [-0.2, -0.15) is 0 Å². The van der Waals surface area contributed by atoms with Gasteiger partial charge in [-0.3, -0.25) is 0 Å². The van der Waals surface area contributed by atoms with Gasteiger partial charge in [0.1, 0.15) is 11.4 Å². The summed E-state index contributed by atoms with van der Waals surface area (Å²) in [6, 6.07) is 8.20. The maximum Gasteiger partial charge on any atom is 0.132 e. The van der Waals surface area contributed by atoms with E-state index in [9.17, 15) is 5.11 Å². The number of aliphatic hydroxyl groups excluding tert-OH is 1. The van der Waals surface area contributed by atoms with Crippen molar-refractivity contribution in [1.82, 2.24) is 0 Å². The van der Waals surface area contributed by atoms with E-state index in [0.717, 1.165) is 31.4 Å². The summed E-state index contributed by atoms with van der Waals surface area (Å²) >= 11 is 0. The van der Waals surface area contributed by atoms with Gasteiger partial charge in [0.15, 0.2) is 0 Å². The maximum absolute atomic E-state index is 9.65. The number of hydrogen-bond donors (Lipinski definition) is 1. The molecular weight excluding hydrogens is 224 g/mol. The molecule has 100 valence electrons. The minimum absolute atomic E-state index is 0.0614. The highest BCUT2D eigenvalue weighted by Crippen LogP contribution is 2.38. The van der Waals surface area contributed by atoms with Crippen LogP contribution in [0, 0.1) is 0 Å². The van der Waals surface area contributed by atoms with Gasteiger partial charge < -0.3 is 9.84 Å². The molecule has 0 radical (unpaired) electrons. The third-order valence-corrected chi connectivity index (χ3v) is 3.82. The van der Waals surface area contributed by atoms with Crippen LogP contribution in [0.3, 0.4) is 0 Å². The number of ether oxygens (including phenoxy) is 1. The zero-order valence-corrected chi connectivity index (χ0v) is 11.7. The summed E-state index contributed by atoms with van der Waals surface area (Å²) < 4.78 is 6.22. The fourth-order valence-electron chi connectivity index (χ4n) is 2.72. The van der Waals surface area contributed by atoms with Gasteiger partial charge in [0, 0.05) is 0 Å². The van der Waals surface area contributed by atoms with Gasteiger partial charge in [-0.15, -0.1) is 0 Å². The lowest BCUT2D eigenvalue weighted by Gasteiger charge is -2.31. The van der Waals surface area contributed by atoms with Crippen LogP contribution in [0.25, 0.3) is 0 Å². The second-order valence-electron chi connectivity index (χ2n) is 6.40. The molecule has 2 nitrogen and oxygen atoms in total. The Morgan fingerprint density at radius 1 is 1.17 bits per heavy atom. The van der Waals surface area contributed by atoms with Crippen LogP contribution in [0.15, 0.2) is 24.3 Å². The van der Waals surface area contributed by atoms with Crippen LogP contribution in [0.1, 0.15) is 52.0 Å². The van der Waals surface area contributed by atoms with E-state index in [-0.39, 0.29) is 17.6 Å². The monoisotopic (exact) mass is 248 g/mol. The fourth-order valence-corrected chi connectivity index (χ4v) is 2.72. The first-order chi connectivity index (χ1) is 8.47. The van der Waals surface area contributed by atoms with Crippen LogP contribution in [-0.4, -0.2) is 17.3 Å². The molecule has 1 N–H and O–H groups in total. The number of rotatable bonds is 3. The van der Waals surface area contributed by atoms with Crippen molar-refractivity contribution in [2.45, 2.75) is 57.5 Å². The predicted octanol–water partition coefficient (Wildman–Crippen LogP) is 3.67. The maximum atomic E-state index is 9.65. The summed E-state index contributed by atoms with van der Waals surface area (Å²) in [5.74, 6) is 0.931. The molecule has 0 unspecified atom stereocenters. The van der Waals surface area contributed by atoms with Gasteiger partial charge in [0.25, 0.3) is 0 Å². The highest BCUT2D eigenvalue weighted by atomic mass is 16.5. The molecule has 0 aliphatic heterocycles. The fraction of sp³-hybridized carbons (Fsp3) is 0.625. The van der Waals surface area contributed by atoms with Crippen molar-refractivity contribution in [2.24, 2.45) is 0 Å². The van der Waals surface area contributed by atoms with Crippen LogP contribution in [0.4, 0.5) is 0 Å². The quantitative estimate of drug-likeness (QED) is 0.884. The Labute approximate surface area is 110 Å². The molecule has 0 spiro atoms. The highest BCUT2D eigenvalue weighted by molar-refractivity contribution is 5.38. The van der Waals surface area contributed by atoms with E-state index >= 15 is 0 Å². The number of hydrogen-bond acceptors (Lipinski definition) is 2. The highest BCUT2D eigenvalue weighted by Gasteiger charge is 2.36. The van der Waals surface area contributed by atoms with Crippen LogP contribution in [0.2, 0.25) is 0 Å². The second-order valence-corrected chi connectivity index (χ2v) is 6.40. The Balaban J connectivity index is 2.29. The summed E-state index contributed by atoms with van der Waals surface area (Å²) in [5, 5.41) is 9.65. The van der Waals surface area contributed by atoms with Gasteiger partial charge >= 0.3 is 0 Å². The van der Waals surface area contributed by atoms with E-state index in [1.165, 1.54) is 5.56 Å². The zero-order chi connectivity index (χ0) is 13.2. The molecule has 1 aromatic rings. The van der Waals surface area contributed by atoms with Crippen LogP contribution in [-0.2, 0) is 5.41 Å². The lowest BCUT2D eigenvalue weighted by atomic mass is 9.86. The Morgan fingerprint density at radius 2 is 1.78 bits per heavy atom. The summed E-state index contributed by atoms with van der Waals surface area (Å²) in [7, 11) is 0. The summed E-state index contributed by atoms with van der Waals surface area (Å²) in [4.78, 5) is 0. The van der Waals surface area contributed by atoms with Crippen molar-refractivity contribution in [1.29, 1.82) is 0 Å². The van der Waals surface area contributed by atoms with Gasteiger partial charge in [-0.1, -0.05) is 39.0 Å². The molecule has 1 saturated carbocycles. The molecular formula is C16H24O2. The third-order valence-electron chi connectivity index (χ3n) is 3.82. The van der Waals surface area contributed by atoms with Crippen LogP contribution in [0.5, 0.6) is 5.75 Å². The van der Waals surface area contributed by atoms with Crippen molar-refractivity contribution < 1.29 is 9.84 Å². The topological polar surface area (TPSA) is 29.5 Å². The minimum Gasteiger partial charge on any atom is -0.485 e. The van der Waals surface area contributed by atoms with E-state index < -0.39 is 0 Å². The molecule has 0 amide bonds. The number of para-hydroxylation sites is 1. The Bertz CT molecular complexity index is 398. The average molecular weight is 248 g/mol. The molecule has 0 heterocycles. The van der Waals surface area contributed by atoms with E-state index in [2.05, 4.69) is 26.8 Å². The molecule has 2 rings (SSSR count). The smallest absolute Gasteiger partial charge is 0.132 e. The third kappa shape index (κ3) is 2.69. The van der Waals surface area contributed by atoms with Gasteiger partial charge in [0.2, 0.25) is 0 Å². The average Bonchev–Trinajstić information content (AvgIpc) is 2.78. The van der Waals surface area contributed by atoms with Crippen LogP contribution >= 0.6 is 0 Å². The molecule has 18 heavy (non-hydrogen) atoms. The van der Waals surface area contributed by atoms with Gasteiger partial charge in [-0.05, 0) is 42.7 Å². The Hall–Kier alpha value is -1.02. The van der Waals surface area contributed by atoms with Crippen molar-refractivity contribution in [3.63, 3.8) is 0 Å². The summed E-state index contributed by atoms with van der Waals surface area (Å²) in [6.07, 6.45) is 4.22. The lowest BCUT2D eigenvalue weighted by Crippen LogP contribution is -2.37. The molecule has 1 aliphatic carbocycles. The normalized spacial score (nSPS) is 18.9. The van der Waals surface area contributed by atoms with Crippen molar-refractivity contribution in [3.8, 4) is 5.75 Å². The van der Waals surface area contributed by atoms with Gasteiger partial charge in [-0.25, -0.2) is 0 Å². The molecule has 0 saturated heterocycles. The Morgan fingerprint density at radius 3 is 2.33 bits per heavy atom. The molecule has 0 aromatic heterocycles.